The largest absolute Gasteiger partial charge is 0.465 e. The number of nitrogens with zero attached hydrogens (tertiary/aromatic N) is 1. The van der Waals surface area contributed by atoms with E-state index < -0.39 is 0 Å². The molecular formula is C14H20N2O3. The van der Waals surface area contributed by atoms with Crippen LogP contribution in [0.15, 0.2) is 18.2 Å². The van der Waals surface area contributed by atoms with Crippen molar-refractivity contribution in [3.05, 3.63) is 23.8 Å². The summed E-state index contributed by atoms with van der Waals surface area (Å²) in [5, 5.41) is 0. The summed E-state index contributed by atoms with van der Waals surface area (Å²) in [6, 6.07) is 5.31. The lowest BCUT2D eigenvalue weighted by Gasteiger charge is -2.35. The van der Waals surface area contributed by atoms with Crippen molar-refractivity contribution in [2.24, 2.45) is 0 Å². The lowest BCUT2D eigenvalue weighted by atomic mass is 10.1. The molecule has 0 spiro atoms. The van der Waals surface area contributed by atoms with E-state index in [4.69, 9.17) is 15.2 Å². The van der Waals surface area contributed by atoms with Crippen LogP contribution in [0.1, 0.15) is 23.7 Å². The number of benzene rings is 1. The van der Waals surface area contributed by atoms with E-state index >= 15 is 0 Å². The van der Waals surface area contributed by atoms with Crippen LogP contribution in [0.25, 0.3) is 0 Å². The predicted molar refractivity (Wildman–Crippen MR) is 74.4 cm³/mol. The molecule has 5 heteroatoms. The molecule has 0 saturated carbocycles. The zero-order valence-corrected chi connectivity index (χ0v) is 11.4. The average molecular weight is 264 g/mol. The van der Waals surface area contributed by atoms with Gasteiger partial charge in [-0.3, -0.25) is 0 Å². The Hall–Kier alpha value is -1.75. The summed E-state index contributed by atoms with van der Waals surface area (Å²) in [4.78, 5) is 14.0. The number of methoxy groups -OCH3 is 1. The summed E-state index contributed by atoms with van der Waals surface area (Å²) in [5.74, 6) is -0.359. The van der Waals surface area contributed by atoms with Crippen molar-refractivity contribution in [1.82, 2.24) is 0 Å². The summed E-state index contributed by atoms with van der Waals surface area (Å²) in [6.45, 7) is 4.21. The summed E-state index contributed by atoms with van der Waals surface area (Å²) in [5.41, 5.74) is 7.91. The molecule has 0 aromatic heterocycles. The third-order valence-electron chi connectivity index (χ3n) is 3.38. The molecule has 1 fully saturated rings. The van der Waals surface area contributed by atoms with Gasteiger partial charge in [-0.15, -0.1) is 0 Å². The Balaban J connectivity index is 2.34. The number of carbonyl (C=O) groups excluding carboxylic acids is 1. The summed E-state index contributed by atoms with van der Waals surface area (Å²) >= 11 is 0. The molecule has 1 atom stereocenters. The van der Waals surface area contributed by atoms with Crippen molar-refractivity contribution in [1.29, 1.82) is 0 Å². The zero-order valence-electron chi connectivity index (χ0n) is 11.4. The number of anilines is 2. The minimum atomic E-state index is -0.359. The van der Waals surface area contributed by atoms with Gasteiger partial charge in [0.1, 0.15) is 0 Å². The Labute approximate surface area is 113 Å². The fourth-order valence-electron chi connectivity index (χ4n) is 2.36. The molecule has 1 aromatic carbocycles. The molecule has 2 N–H and O–H groups in total. The normalized spacial score (nSPS) is 19.3. The first-order valence-electron chi connectivity index (χ1n) is 6.50. The van der Waals surface area contributed by atoms with Crippen LogP contribution in [0.5, 0.6) is 0 Å². The van der Waals surface area contributed by atoms with E-state index in [-0.39, 0.29) is 12.1 Å². The molecule has 0 radical (unpaired) electrons. The third kappa shape index (κ3) is 2.81. The highest BCUT2D eigenvalue weighted by molar-refractivity contribution is 5.99. The molecule has 1 saturated heterocycles. The Morgan fingerprint density at radius 2 is 2.37 bits per heavy atom. The maximum absolute atomic E-state index is 11.8. The number of carbonyl (C=O) groups is 1. The minimum absolute atomic E-state index is 0.179. The van der Waals surface area contributed by atoms with Gasteiger partial charge in [0.25, 0.3) is 0 Å². The second-order valence-electron chi connectivity index (χ2n) is 4.58. The number of para-hydroxylation sites is 1. The number of esters is 1. The molecule has 1 unspecified atom stereocenters. The zero-order chi connectivity index (χ0) is 13.8. The van der Waals surface area contributed by atoms with Gasteiger partial charge in [-0.1, -0.05) is 13.0 Å². The molecule has 1 heterocycles. The molecular weight excluding hydrogens is 244 g/mol. The smallest absolute Gasteiger partial charge is 0.340 e. The van der Waals surface area contributed by atoms with Gasteiger partial charge in [-0.05, 0) is 18.6 Å². The molecule has 0 amide bonds. The highest BCUT2D eigenvalue weighted by Gasteiger charge is 2.25. The van der Waals surface area contributed by atoms with Crippen LogP contribution in [0.3, 0.4) is 0 Å². The molecule has 1 aliphatic heterocycles. The van der Waals surface area contributed by atoms with E-state index in [1.165, 1.54) is 7.11 Å². The van der Waals surface area contributed by atoms with E-state index in [1.54, 1.807) is 18.2 Å². The van der Waals surface area contributed by atoms with Crippen LogP contribution in [-0.2, 0) is 9.47 Å². The molecule has 1 aromatic rings. The Morgan fingerprint density at radius 1 is 1.58 bits per heavy atom. The Bertz CT molecular complexity index is 462. The van der Waals surface area contributed by atoms with Gasteiger partial charge in [-0.25, -0.2) is 4.79 Å². The second kappa shape index (κ2) is 5.93. The van der Waals surface area contributed by atoms with Crippen molar-refractivity contribution in [3.8, 4) is 0 Å². The molecule has 104 valence electrons. The quantitative estimate of drug-likeness (QED) is 0.664. The van der Waals surface area contributed by atoms with Crippen LogP contribution in [0, 0.1) is 0 Å². The van der Waals surface area contributed by atoms with Crippen molar-refractivity contribution in [2.45, 2.75) is 19.4 Å². The lowest BCUT2D eigenvalue weighted by molar-refractivity contribution is 0.0381. The summed E-state index contributed by atoms with van der Waals surface area (Å²) < 4.78 is 10.5. The van der Waals surface area contributed by atoms with E-state index in [0.29, 0.717) is 17.9 Å². The Kier molecular flexibility index (Phi) is 4.27. The van der Waals surface area contributed by atoms with Gasteiger partial charge in [0.15, 0.2) is 0 Å². The van der Waals surface area contributed by atoms with Crippen LogP contribution in [0.4, 0.5) is 11.4 Å². The molecule has 19 heavy (non-hydrogen) atoms. The second-order valence-corrected chi connectivity index (χ2v) is 4.58. The van der Waals surface area contributed by atoms with Crippen molar-refractivity contribution >= 4 is 17.3 Å². The third-order valence-corrected chi connectivity index (χ3v) is 3.38. The van der Waals surface area contributed by atoms with Crippen LogP contribution >= 0.6 is 0 Å². The number of nitrogen functional groups attached to an aromatic ring is 1. The van der Waals surface area contributed by atoms with Crippen LogP contribution in [-0.4, -0.2) is 38.9 Å². The van der Waals surface area contributed by atoms with Gasteiger partial charge >= 0.3 is 5.97 Å². The van der Waals surface area contributed by atoms with E-state index in [0.717, 1.165) is 25.2 Å². The number of hydrogen-bond donors (Lipinski definition) is 1. The van der Waals surface area contributed by atoms with Gasteiger partial charge in [0, 0.05) is 13.1 Å². The van der Waals surface area contributed by atoms with Gasteiger partial charge in [0.2, 0.25) is 0 Å². The monoisotopic (exact) mass is 264 g/mol. The fraction of sp³-hybridized carbons (Fsp3) is 0.500. The van der Waals surface area contributed by atoms with Crippen molar-refractivity contribution < 1.29 is 14.3 Å². The first kappa shape index (κ1) is 13.7. The number of hydrogen-bond acceptors (Lipinski definition) is 5. The first-order chi connectivity index (χ1) is 9.17. The van der Waals surface area contributed by atoms with E-state index in [2.05, 4.69) is 11.8 Å². The first-order valence-corrected chi connectivity index (χ1v) is 6.50. The Morgan fingerprint density at radius 3 is 3.05 bits per heavy atom. The molecule has 0 bridgehead atoms. The highest BCUT2D eigenvalue weighted by Crippen LogP contribution is 2.30. The summed E-state index contributed by atoms with van der Waals surface area (Å²) in [7, 11) is 1.38. The molecule has 0 aliphatic carbocycles. The number of ether oxygens (including phenoxy) is 2. The SMILES string of the molecule is CCC1CN(c2c(N)cccc2C(=O)OC)CCO1. The van der Waals surface area contributed by atoms with E-state index in [1.807, 2.05) is 0 Å². The number of rotatable bonds is 3. The number of morpholine rings is 1. The van der Waals surface area contributed by atoms with Crippen molar-refractivity contribution in [2.75, 3.05) is 37.4 Å². The van der Waals surface area contributed by atoms with Gasteiger partial charge in [-0.2, -0.15) is 0 Å². The minimum Gasteiger partial charge on any atom is -0.465 e. The van der Waals surface area contributed by atoms with Crippen molar-refractivity contribution in [3.63, 3.8) is 0 Å². The number of nitrogens with two attached hydrogens (primary N) is 1. The fourth-order valence-corrected chi connectivity index (χ4v) is 2.36. The van der Waals surface area contributed by atoms with E-state index in [9.17, 15) is 4.79 Å². The van der Waals surface area contributed by atoms with Crippen LogP contribution in [0.2, 0.25) is 0 Å². The standard InChI is InChI=1S/C14H20N2O3/c1-3-10-9-16(7-8-19-10)13-11(14(17)18-2)5-4-6-12(13)15/h4-6,10H,3,7-9,15H2,1-2H3. The average Bonchev–Trinajstić information content (AvgIpc) is 2.46. The lowest BCUT2D eigenvalue weighted by Crippen LogP contribution is -2.43. The summed E-state index contributed by atoms with van der Waals surface area (Å²) in [6.07, 6.45) is 1.12. The topological polar surface area (TPSA) is 64.8 Å². The van der Waals surface area contributed by atoms with Gasteiger partial charge in [0.05, 0.1) is 36.8 Å². The highest BCUT2D eigenvalue weighted by atomic mass is 16.5. The van der Waals surface area contributed by atoms with Crippen LogP contribution < -0.4 is 10.6 Å². The maximum atomic E-state index is 11.8. The molecule has 5 nitrogen and oxygen atoms in total. The predicted octanol–water partition coefficient (Wildman–Crippen LogP) is 1.67. The van der Waals surface area contributed by atoms with Gasteiger partial charge < -0.3 is 20.1 Å². The maximum Gasteiger partial charge on any atom is 0.340 e. The molecule has 2 rings (SSSR count). The molecule has 1 aliphatic rings.